The van der Waals surface area contributed by atoms with Gasteiger partial charge >= 0.3 is 5.97 Å². The minimum absolute atomic E-state index is 0.0486. The van der Waals surface area contributed by atoms with Crippen LogP contribution in [-0.4, -0.2) is 35.6 Å². The second-order valence-electron chi connectivity index (χ2n) is 6.41. The average molecular weight is 340 g/mol. The zero-order valence-corrected chi connectivity index (χ0v) is 14.2. The Kier molecular flexibility index (Phi) is 5.68. The Morgan fingerprint density at radius 1 is 1.20 bits per heavy atom. The highest BCUT2D eigenvalue weighted by molar-refractivity contribution is 5.70. The van der Waals surface area contributed by atoms with E-state index in [1.165, 1.54) is 0 Å². The first-order valence-electron chi connectivity index (χ1n) is 8.61. The second-order valence-corrected chi connectivity index (χ2v) is 6.41. The third-order valence-electron chi connectivity index (χ3n) is 4.75. The van der Waals surface area contributed by atoms with Crippen LogP contribution in [0.25, 0.3) is 0 Å². The molecule has 0 spiro atoms. The highest BCUT2D eigenvalue weighted by atomic mass is 16.5. The Morgan fingerprint density at radius 2 is 1.92 bits per heavy atom. The molecule has 0 bridgehead atoms. The van der Waals surface area contributed by atoms with Crippen LogP contribution in [0, 0.1) is 5.92 Å². The van der Waals surface area contributed by atoms with Crippen LogP contribution < -0.4 is 10.5 Å². The molecule has 2 aromatic carbocycles. The van der Waals surface area contributed by atoms with E-state index in [1.54, 1.807) is 0 Å². The molecule has 132 valence electrons. The Morgan fingerprint density at radius 3 is 2.52 bits per heavy atom. The molecule has 1 fully saturated rings. The lowest BCUT2D eigenvalue weighted by molar-refractivity contribution is -0.141. The van der Waals surface area contributed by atoms with Crippen molar-refractivity contribution in [3.63, 3.8) is 0 Å². The molecule has 1 saturated heterocycles. The van der Waals surface area contributed by atoms with Crippen LogP contribution >= 0.6 is 0 Å². The number of benzene rings is 2. The van der Waals surface area contributed by atoms with Crippen LogP contribution in [0.3, 0.4) is 0 Å². The molecule has 3 N–H and O–H groups in total. The van der Waals surface area contributed by atoms with Gasteiger partial charge in [-0.1, -0.05) is 42.5 Å². The third kappa shape index (κ3) is 4.38. The van der Waals surface area contributed by atoms with Gasteiger partial charge in [-0.05, 0) is 36.2 Å². The molecule has 25 heavy (non-hydrogen) atoms. The summed E-state index contributed by atoms with van der Waals surface area (Å²) < 4.78 is 5.81. The van der Waals surface area contributed by atoms with E-state index in [1.807, 2.05) is 54.6 Å². The normalized spacial score (nSPS) is 18.8. The topological polar surface area (TPSA) is 75.8 Å². The molecule has 0 radical (unpaired) electrons. The lowest BCUT2D eigenvalue weighted by Gasteiger charge is -2.27. The van der Waals surface area contributed by atoms with E-state index in [9.17, 15) is 9.90 Å². The lowest BCUT2D eigenvalue weighted by atomic mass is 10.1. The molecule has 0 aromatic heterocycles. The zero-order valence-electron chi connectivity index (χ0n) is 14.2. The number of rotatable bonds is 7. The number of carboxylic acids is 1. The molecule has 2 aromatic rings. The molecule has 1 aliphatic rings. The van der Waals surface area contributed by atoms with Crippen LogP contribution in [0.1, 0.15) is 23.6 Å². The highest BCUT2D eigenvalue weighted by Crippen LogP contribution is 2.28. The predicted molar refractivity (Wildman–Crippen MR) is 96.3 cm³/mol. The Labute approximate surface area is 148 Å². The number of likely N-dealkylation sites (tertiary alicyclic amines) is 1. The number of hydrogen-bond acceptors (Lipinski definition) is 4. The summed E-state index contributed by atoms with van der Waals surface area (Å²) in [7, 11) is 0. The fraction of sp³-hybridized carbons (Fsp3) is 0.350. The van der Waals surface area contributed by atoms with E-state index in [-0.39, 0.29) is 12.0 Å². The van der Waals surface area contributed by atoms with Crippen LogP contribution in [-0.2, 0) is 11.4 Å². The molecule has 1 heterocycles. The van der Waals surface area contributed by atoms with Crippen molar-refractivity contribution < 1.29 is 14.6 Å². The summed E-state index contributed by atoms with van der Waals surface area (Å²) in [6.07, 6.45) is 0.685. The summed E-state index contributed by atoms with van der Waals surface area (Å²) >= 11 is 0. The van der Waals surface area contributed by atoms with Gasteiger partial charge in [0.1, 0.15) is 12.4 Å². The minimum Gasteiger partial charge on any atom is -0.489 e. The van der Waals surface area contributed by atoms with Gasteiger partial charge in [-0.15, -0.1) is 0 Å². The molecule has 0 unspecified atom stereocenters. The third-order valence-corrected chi connectivity index (χ3v) is 4.75. The van der Waals surface area contributed by atoms with Crippen molar-refractivity contribution >= 4 is 5.97 Å². The van der Waals surface area contributed by atoms with Crippen molar-refractivity contribution in [1.29, 1.82) is 0 Å². The van der Waals surface area contributed by atoms with Crippen molar-refractivity contribution in [2.24, 2.45) is 11.7 Å². The van der Waals surface area contributed by atoms with Crippen LogP contribution in [0.5, 0.6) is 5.75 Å². The standard InChI is InChI=1S/C20H24N2O3/c21-12-19(22-11-10-17(13-22)20(23)24)16-6-8-18(9-7-16)25-14-15-4-2-1-3-5-15/h1-9,17,19H,10-14,21H2,(H,23,24)/t17-,19+/m1/s1. The number of carbonyl (C=O) groups is 1. The summed E-state index contributed by atoms with van der Waals surface area (Å²) in [5.74, 6) is -0.196. The average Bonchev–Trinajstić information content (AvgIpc) is 3.13. The molecule has 2 atom stereocenters. The maximum absolute atomic E-state index is 11.2. The minimum atomic E-state index is -0.720. The zero-order chi connectivity index (χ0) is 17.6. The predicted octanol–water partition coefficient (Wildman–Crippen LogP) is 2.67. The van der Waals surface area contributed by atoms with Gasteiger partial charge in [0.05, 0.1) is 5.92 Å². The molecule has 0 amide bonds. The smallest absolute Gasteiger partial charge is 0.307 e. The first-order chi connectivity index (χ1) is 12.2. The van der Waals surface area contributed by atoms with E-state index in [4.69, 9.17) is 10.5 Å². The molecule has 3 rings (SSSR count). The van der Waals surface area contributed by atoms with Gasteiger partial charge in [-0.3, -0.25) is 9.69 Å². The molecular formula is C20H24N2O3. The number of ether oxygens (including phenoxy) is 1. The SMILES string of the molecule is NC[C@@H](c1ccc(OCc2ccccc2)cc1)N1CC[C@@H](C(=O)O)C1. The van der Waals surface area contributed by atoms with Gasteiger partial charge < -0.3 is 15.6 Å². The first kappa shape index (κ1) is 17.5. The van der Waals surface area contributed by atoms with Crippen LogP contribution in [0.2, 0.25) is 0 Å². The molecule has 0 saturated carbocycles. The van der Waals surface area contributed by atoms with Gasteiger partial charge in [0.2, 0.25) is 0 Å². The van der Waals surface area contributed by atoms with Crippen molar-refractivity contribution in [1.82, 2.24) is 4.90 Å². The second kappa shape index (κ2) is 8.14. The molecule has 5 nitrogen and oxygen atoms in total. The maximum Gasteiger partial charge on any atom is 0.307 e. The monoisotopic (exact) mass is 340 g/mol. The van der Waals surface area contributed by atoms with Crippen LogP contribution in [0.15, 0.2) is 54.6 Å². The van der Waals surface area contributed by atoms with Crippen LogP contribution in [0.4, 0.5) is 0 Å². The van der Waals surface area contributed by atoms with Crippen molar-refractivity contribution in [3.05, 3.63) is 65.7 Å². The van der Waals surface area contributed by atoms with Gasteiger partial charge in [0.25, 0.3) is 0 Å². The van der Waals surface area contributed by atoms with E-state index >= 15 is 0 Å². The summed E-state index contributed by atoms with van der Waals surface area (Å²) in [6, 6.07) is 18.0. The quantitative estimate of drug-likeness (QED) is 0.810. The Bertz CT molecular complexity index is 688. The Balaban J connectivity index is 1.61. The molecule has 1 aliphatic heterocycles. The summed E-state index contributed by atoms with van der Waals surface area (Å²) in [6.45, 7) is 2.33. The summed E-state index contributed by atoms with van der Waals surface area (Å²) in [5, 5.41) is 9.17. The molecule has 0 aliphatic carbocycles. The molecular weight excluding hydrogens is 316 g/mol. The lowest BCUT2D eigenvalue weighted by Crippen LogP contribution is -2.32. The Hall–Kier alpha value is -2.37. The van der Waals surface area contributed by atoms with Gasteiger partial charge in [0.15, 0.2) is 0 Å². The van der Waals surface area contributed by atoms with Gasteiger partial charge in [-0.25, -0.2) is 0 Å². The van der Waals surface area contributed by atoms with Gasteiger partial charge in [0, 0.05) is 19.1 Å². The van der Waals surface area contributed by atoms with Crippen molar-refractivity contribution in [2.75, 3.05) is 19.6 Å². The number of nitrogens with zero attached hydrogens (tertiary/aromatic N) is 1. The molecule has 5 heteroatoms. The number of carboxylic acid groups (broad SMARTS) is 1. The van der Waals surface area contributed by atoms with E-state index < -0.39 is 5.97 Å². The van der Waals surface area contributed by atoms with E-state index in [0.717, 1.165) is 23.4 Å². The maximum atomic E-state index is 11.2. The fourth-order valence-corrected chi connectivity index (χ4v) is 3.30. The van der Waals surface area contributed by atoms with E-state index in [0.29, 0.717) is 26.1 Å². The summed E-state index contributed by atoms with van der Waals surface area (Å²) in [4.78, 5) is 13.3. The van der Waals surface area contributed by atoms with Gasteiger partial charge in [-0.2, -0.15) is 0 Å². The highest BCUT2D eigenvalue weighted by Gasteiger charge is 2.32. The number of hydrogen-bond donors (Lipinski definition) is 2. The first-order valence-corrected chi connectivity index (χ1v) is 8.61. The number of aliphatic carboxylic acids is 1. The van der Waals surface area contributed by atoms with Crippen molar-refractivity contribution in [3.8, 4) is 5.75 Å². The largest absolute Gasteiger partial charge is 0.489 e. The fourth-order valence-electron chi connectivity index (χ4n) is 3.30. The summed E-state index contributed by atoms with van der Waals surface area (Å²) in [5.41, 5.74) is 8.18. The van der Waals surface area contributed by atoms with Crippen molar-refractivity contribution in [2.45, 2.75) is 19.1 Å². The van der Waals surface area contributed by atoms with E-state index in [2.05, 4.69) is 4.90 Å². The number of nitrogens with two attached hydrogens (primary N) is 1.